The van der Waals surface area contributed by atoms with Crippen LogP contribution in [-0.2, 0) is 16.1 Å². The first-order valence-electron chi connectivity index (χ1n) is 5.74. The van der Waals surface area contributed by atoms with Crippen LogP contribution in [-0.4, -0.2) is 26.9 Å². The number of benzene rings is 1. The van der Waals surface area contributed by atoms with Crippen molar-refractivity contribution in [3.63, 3.8) is 0 Å². The van der Waals surface area contributed by atoms with Gasteiger partial charge in [-0.3, -0.25) is 0 Å². The maximum absolute atomic E-state index is 5.22. The second kappa shape index (κ2) is 7.69. The summed E-state index contributed by atoms with van der Waals surface area (Å²) in [6.07, 6.45) is 1.02. The van der Waals surface area contributed by atoms with Crippen molar-refractivity contribution in [1.29, 1.82) is 0 Å². The Labute approximate surface area is 112 Å². The van der Waals surface area contributed by atoms with Crippen LogP contribution in [0.25, 0.3) is 0 Å². The van der Waals surface area contributed by atoms with Gasteiger partial charge in [-0.25, -0.2) is 0 Å². The van der Waals surface area contributed by atoms with Gasteiger partial charge in [-0.15, -0.1) is 0 Å². The first-order valence-corrected chi connectivity index (χ1v) is 6.54. The molecule has 1 aromatic carbocycles. The molecule has 0 saturated heterocycles. The molecule has 0 fully saturated rings. The minimum Gasteiger partial charge on any atom is -0.383 e. The molecule has 1 rings (SSSR count). The van der Waals surface area contributed by atoms with Gasteiger partial charge in [-0.2, -0.15) is 0 Å². The molecule has 0 amide bonds. The average Bonchev–Trinajstić information content (AvgIpc) is 2.33. The number of hydrogen-bond acceptors (Lipinski definition) is 3. The highest BCUT2D eigenvalue weighted by atomic mass is 79.9. The summed E-state index contributed by atoms with van der Waals surface area (Å²) < 4.78 is 11.5. The Morgan fingerprint density at radius 2 is 2.06 bits per heavy atom. The number of methoxy groups -OCH3 is 2. The molecule has 17 heavy (non-hydrogen) atoms. The molecule has 0 spiro atoms. The smallest absolute Gasteiger partial charge is 0.0744 e. The van der Waals surface area contributed by atoms with E-state index in [9.17, 15) is 0 Å². The van der Waals surface area contributed by atoms with Crippen molar-refractivity contribution in [2.75, 3.05) is 26.1 Å². The summed E-state index contributed by atoms with van der Waals surface area (Å²) in [6, 6.07) is 6.43. The van der Waals surface area contributed by atoms with E-state index in [1.165, 1.54) is 0 Å². The Bertz CT molecular complexity index is 344. The van der Waals surface area contributed by atoms with E-state index < -0.39 is 0 Å². The topological polar surface area (TPSA) is 30.5 Å². The van der Waals surface area contributed by atoms with Gasteiger partial charge in [-0.1, -0.05) is 28.9 Å². The van der Waals surface area contributed by atoms with Gasteiger partial charge in [0.1, 0.15) is 0 Å². The minimum absolute atomic E-state index is 0.324. The summed E-state index contributed by atoms with van der Waals surface area (Å²) in [5.41, 5.74) is 2.25. The predicted octanol–water partition coefficient (Wildman–Crippen LogP) is 3.43. The molecule has 1 atom stereocenters. The molecule has 1 N–H and O–H groups in total. The molecule has 0 aliphatic heterocycles. The monoisotopic (exact) mass is 301 g/mol. The van der Waals surface area contributed by atoms with Crippen molar-refractivity contribution in [2.24, 2.45) is 0 Å². The zero-order valence-electron chi connectivity index (χ0n) is 10.6. The number of ether oxygens (including phenoxy) is 2. The molecule has 0 heterocycles. The zero-order valence-corrected chi connectivity index (χ0v) is 12.2. The molecule has 96 valence electrons. The normalized spacial score (nSPS) is 12.5. The maximum atomic E-state index is 5.22. The van der Waals surface area contributed by atoms with E-state index in [1.807, 2.05) is 12.1 Å². The first-order chi connectivity index (χ1) is 8.22. The van der Waals surface area contributed by atoms with Crippen LogP contribution in [0, 0.1) is 0 Å². The van der Waals surface area contributed by atoms with Crippen LogP contribution >= 0.6 is 15.9 Å². The van der Waals surface area contributed by atoms with Gasteiger partial charge in [0.15, 0.2) is 0 Å². The van der Waals surface area contributed by atoms with E-state index in [0.717, 1.165) is 22.1 Å². The number of anilines is 1. The third kappa shape index (κ3) is 4.30. The largest absolute Gasteiger partial charge is 0.383 e. The molecule has 3 nitrogen and oxygen atoms in total. The molecule has 4 heteroatoms. The standard InChI is InChI=1S/C13H20BrNO2/c1-4-10(8-16-2)15-13-7-5-6-12(14)11(13)9-17-3/h5-7,10,15H,4,8-9H2,1-3H3. The van der Waals surface area contributed by atoms with Crippen molar-refractivity contribution in [3.8, 4) is 0 Å². The summed E-state index contributed by atoms with van der Waals surface area (Å²) in [5.74, 6) is 0. The van der Waals surface area contributed by atoms with Crippen LogP contribution in [0.15, 0.2) is 22.7 Å². The van der Waals surface area contributed by atoms with E-state index in [2.05, 4.69) is 34.2 Å². The highest BCUT2D eigenvalue weighted by Gasteiger charge is 2.10. The molecular weight excluding hydrogens is 282 g/mol. The Morgan fingerprint density at radius 1 is 1.29 bits per heavy atom. The SMILES string of the molecule is CCC(COC)Nc1cccc(Br)c1COC. The van der Waals surface area contributed by atoms with Crippen molar-refractivity contribution < 1.29 is 9.47 Å². The molecule has 0 bridgehead atoms. The fourth-order valence-corrected chi connectivity index (χ4v) is 2.15. The second-order valence-electron chi connectivity index (χ2n) is 3.90. The van der Waals surface area contributed by atoms with Gasteiger partial charge in [0.05, 0.1) is 13.2 Å². The van der Waals surface area contributed by atoms with Gasteiger partial charge in [-0.05, 0) is 18.6 Å². The van der Waals surface area contributed by atoms with Gasteiger partial charge in [0.2, 0.25) is 0 Å². The van der Waals surface area contributed by atoms with Crippen LogP contribution in [0.3, 0.4) is 0 Å². The summed E-state index contributed by atoms with van der Waals surface area (Å²) >= 11 is 3.55. The maximum Gasteiger partial charge on any atom is 0.0744 e. The lowest BCUT2D eigenvalue weighted by molar-refractivity contribution is 0.181. The lowest BCUT2D eigenvalue weighted by Gasteiger charge is -2.20. The van der Waals surface area contributed by atoms with Crippen LogP contribution in [0.1, 0.15) is 18.9 Å². The molecule has 0 aliphatic rings. The Morgan fingerprint density at radius 3 is 2.65 bits per heavy atom. The van der Waals surface area contributed by atoms with Gasteiger partial charge in [0.25, 0.3) is 0 Å². The van der Waals surface area contributed by atoms with Crippen molar-refractivity contribution in [1.82, 2.24) is 0 Å². The van der Waals surface area contributed by atoms with Crippen molar-refractivity contribution in [2.45, 2.75) is 26.0 Å². The zero-order chi connectivity index (χ0) is 12.7. The molecule has 1 aromatic rings. The number of rotatable bonds is 7. The van der Waals surface area contributed by atoms with Crippen LogP contribution in [0.4, 0.5) is 5.69 Å². The summed E-state index contributed by atoms with van der Waals surface area (Å²) in [6.45, 7) is 3.44. The van der Waals surface area contributed by atoms with Crippen LogP contribution in [0.5, 0.6) is 0 Å². The Hall–Kier alpha value is -0.580. The number of hydrogen-bond donors (Lipinski definition) is 1. The van der Waals surface area contributed by atoms with E-state index in [1.54, 1.807) is 14.2 Å². The highest BCUT2D eigenvalue weighted by Crippen LogP contribution is 2.26. The highest BCUT2D eigenvalue weighted by molar-refractivity contribution is 9.10. The molecule has 1 unspecified atom stereocenters. The van der Waals surface area contributed by atoms with E-state index >= 15 is 0 Å². The van der Waals surface area contributed by atoms with Gasteiger partial charge in [0, 0.05) is 36.0 Å². The summed E-state index contributed by atoms with van der Waals surface area (Å²) in [7, 11) is 3.43. The fraction of sp³-hybridized carbons (Fsp3) is 0.538. The molecular formula is C13H20BrNO2. The predicted molar refractivity (Wildman–Crippen MR) is 74.4 cm³/mol. The number of halogens is 1. The summed E-state index contributed by atoms with van der Waals surface area (Å²) in [5, 5.41) is 3.49. The Kier molecular flexibility index (Phi) is 6.55. The quantitative estimate of drug-likeness (QED) is 0.837. The lowest BCUT2D eigenvalue weighted by atomic mass is 10.1. The molecule has 0 aliphatic carbocycles. The first kappa shape index (κ1) is 14.5. The third-order valence-corrected chi connectivity index (χ3v) is 3.37. The van der Waals surface area contributed by atoms with E-state index in [0.29, 0.717) is 19.3 Å². The summed E-state index contributed by atoms with van der Waals surface area (Å²) in [4.78, 5) is 0. The third-order valence-electron chi connectivity index (χ3n) is 2.63. The van der Waals surface area contributed by atoms with Crippen LogP contribution < -0.4 is 5.32 Å². The van der Waals surface area contributed by atoms with Gasteiger partial charge < -0.3 is 14.8 Å². The van der Waals surface area contributed by atoms with Crippen molar-refractivity contribution in [3.05, 3.63) is 28.2 Å². The van der Waals surface area contributed by atoms with E-state index in [4.69, 9.17) is 9.47 Å². The number of nitrogens with one attached hydrogen (secondary N) is 1. The van der Waals surface area contributed by atoms with Crippen LogP contribution in [0.2, 0.25) is 0 Å². The second-order valence-corrected chi connectivity index (χ2v) is 4.76. The molecule has 0 radical (unpaired) electrons. The molecule has 0 aromatic heterocycles. The minimum atomic E-state index is 0.324. The van der Waals surface area contributed by atoms with Gasteiger partial charge >= 0.3 is 0 Å². The molecule has 0 saturated carbocycles. The van der Waals surface area contributed by atoms with Crippen molar-refractivity contribution >= 4 is 21.6 Å². The average molecular weight is 302 g/mol. The van der Waals surface area contributed by atoms with E-state index in [-0.39, 0.29) is 0 Å². The fourth-order valence-electron chi connectivity index (χ4n) is 1.67. The lowest BCUT2D eigenvalue weighted by Crippen LogP contribution is -2.24. The Balaban J connectivity index is 2.84.